The van der Waals surface area contributed by atoms with E-state index in [-0.39, 0.29) is 5.82 Å². The summed E-state index contributed by atoms with van der Waals surface area (Å²) in [6, 6.07) is 12.4. The Kier molecular flexibility index (Phi) is 6.37. The first-order valence-corrected chi connectivity index (χ1v) is 10.3. The minimum atomic E-state index is -0.311. The Labute approximate surface area is 186 Å². The predicted molar refractivity (Wildman–Crippen MR) is 126 cm³/mol. The number of ether oxygens (including phenoxy) is 1. The summed E-state index contributed by atoms with van der Waals surface area (Å²) in [5, 5.41) is 6.22. The van der Waals surface area contributed by atoms with Gasteiger partial charge in [0.05, 0.1) is 24.6 Å². The summed E-state index contributed by atoms with van der Waals surface area (Å²) < 4.78 is 20.0. The van der Waals surface area contributed by atoms with E-state index in [2.05, 4.69) is 20.6 Å². The summed E-state index contributed by atoms with van der Waals surface area (Å²) in [6.07, 6.45) is 3.05. The number of nitrogens with one attached hydrogen (secondary N) is 2. The van der Waals surface area contributed by atoms with E-state index < -0.39 is 0 Å². The average molecular weight is 436 g/mol. The van der Waals surface area contributed by atoms with Crippen molar-refractivity contribution in [2.45, 2.75) is 6.92 Å². The Morgan fingerprint density at radius 3 is 2.75 bits per heavy atom. The first-order chi connectivity index (χ1) is 15.5. The molecular weight excluding hydrogens is 409 g/mol. The number of nitrogens with two attached hydrogens (primary N) is 2. The zero-order valence-electron chi connectivity index (χ0n) is 17.8. The lowest BCUT2D eigenvalue weighted by Gasteiger charge is -2.29. The molecule has 1 aliphatic heterocycles. The van der Waals surface area contributed by atoms with Crippen LogP contribution in [0.5, 0.6) is 0 Å². The van der Waals surface area contributed by atoms with Crippen LogP contribution in [0.1, 0.15) is 11.1 Å². The number of aromatic nitrogens is 2. The summed E-state index contributed by atoms with van der Waals surface area (Å²) in [4.78, 5) is 10.7. The SMILES string of the molecule is Cc1cccc(/C(=C\N)Nc2ccnc(Nc3ccc(N4CCOCC4)c(F)c3)n2)c1N. The number of rotatable bonds is 6. The number of hydrogen-bond donors (Lipinski definition) is 4. The molecule has 4 rings (SSSR count). The number of nitrogens with zero attached hydrogens (tertiary/aromatic N) is 3. The molecule has 32 heavy (non-hydrogen) atoms. The molecule has 0 unspecified atom stereocenters. The van der Waals surface area contributed by atoms with Gasteiger partial charge in [-0.25, -0.2) is 9.37 Å². The van der Waals surface area contributed by atoms with E-state index in [1.807, 2.05) is 30.0 Å². The van der Waals surface area contributed by atoms with Gasteiger partial charge in [0.1, 0.15) is 11.6 Å². The maximum Gasteiger partial charge on any atom is 0.229 e. The molecule has 0 atom stereocenters. The van der Waals surface area contributed by atoms with Crippen molar-refractivity contribution < 1.29 is 9.13 Å². The van der Waals surface area contributed by atoms with E-state index in [9.17, 15) is 4.39 Å². The highest BCUT2D eigenvalue weighted by molar-refractivity contribution is 5.82. The van der Waals surface area contributed by atoms with Crippen LogP contribution in [-0.2, 0) is 4.74 Å². The molecule has 166 valence electrons. The van der Waals surface area contributed by atoms with Gasteiger partial charge in [0.25, 0.3) is 0 Å². The molecule has 0 aliphatic carbocycles. The monoisotopic (exact) mass is 435 g/mol. The van der Waals surface area contributed by atoms with Gasteiger partial charge in [-0.15, -0.1) is 0 Å². The third kappa shape index (κ3) is 4.73. The number of morpholine rings is 1. The molecule has 8 nitrogen and oxygen atoms in total. The maximum atomic E-state index is 14.7. The van der Waals surface area contributed by atoms with Crippen LogP contribution in [0.15, 0.2) is 54.9 Å². The Morgan fingerprint density at radius 1 is 1.19 bits per heavy atom. The van der Waals surface area contributed by atoms with E-state index >= 15 is 0 Å². The van der Waals surface area contributed by atoms with Crippen LogP contribution in [0.25, 0.3) is 5.70 Å². The normalized spacial score (nSPS) is 14.3. The van der Waals surface area contributed by atoms with Gasteiger partial charge < -0.3 is 31.7 Å². The van der Waals surface area contributed by atoms with Crippen molar-refractivity contribution in [3.63, 3.8) is 0 Å². The van der Waals surface area contributed by atoms with Crippen molar-refractivity contribution in [2.75, 3.05) is 47.6 Å². The Bertz CT molecular complexity index is 1130. The standard InChI is InChI=1S/C23H26FN7O/c1-15-3-2-4-17(22(15)26)19(14-25)29-21-7-8-27-23(30-21)28-16-5-6-20(18(24)13-16)31-9-11-32-12-10-31/h2-8,13-14H,9-12,25-26H2,1H3,(H2,27,28,29,30)/b19-14+. The molecule has 0 radical (unpaired) electrons. The summed E-state index contributed by atoms with van der Waals surface area (Å²) in [5.74, 6) is 0.530. The fourth-order valence-electron chi connectivity index (χ4n) is 3.52. The smallest absolute Gasteiger partial charge is 0.229 e. The summed E-state index contributed by atoms with van der Waals surface area (Å²) in [6.45, 7) is 4.47. The van der Waals surface area contributed by atoms with Crippen molar-refractivity contribution in [1.82, 2.24) is 9.97 Å². The van der Waals surface area contributed by atoms with Crippen molar-refractivity contribution in [3.05, 3.63) is 71.8 Å². The number of para-hydroxylation sites is 1. The molecule has 1 saturated heterocycles. The minimum Gasteiger partial charge on any atom is -0.403 e. The quantitative estimate of drug-likeness (QED) is 0.435. The third-order valence-corrected chi connectivity index (χ3v) is 5.25. The van der Waals surface area contributed by atoms with Gasteiger partial charge in [0, 0.05) is 42.4 Å². The number of halogens is 1. The Morgan fingerprint density at radius 2 is 2.00 bits per heavy atom. The number of aryl methyl sites for hydroxylation is 1. The van der Waals surface area contributed by atoms with Gasteiger partial charge in [-0.05, 0) is 36.8 Å². The van der Waals surface area contributed by atoms with Crippen molar-refractivity contribution in [2.24, 2.45) is 5.73 Å². The predicted octanol–water partition coefficient (Wildman–Crippen LogP) is 3.46. The highest BCUT2D eigenvalue weighted by atomic mass is 19.1. The number of nitrogen functional groups attached to an aromatic ring is 1. The molecule has 3 aromatic rings. The topological polar surface area (TPSA) is 114 Å². The van der Waals surface area contributed by atoms with E-state index in [1.54, 1.807) is 24.4 Å². The zero-order chi connectivity index (χ0) is 22.5. The molecule has 0 saturated carbocycles. The third-order valence-electron chi connectivity index (χ3n) is 5.25. The fourth-order valence-corrected chi connectivity index (χ4v) is 3.52. The zero-order valence-corrected chi connectivity index (χ0v) is 17.8. The summed E-state index contributed by atoms with van der Waals surface area (Å²) in [5.41, 5.74) is 16.1. The largest absolute Gasteiger partial charge is 0.403 e. The van der Waals surface area contributed by atoms with E-state index in [4.69, 9.17) is 16.2 Å². The molecule has 6 N–H and O–H groups in total. The second-order valence-electron chi connectivity index (χ2n) is 7.40. The molecule has 0 bridgehead atoms. The van der Waals surface area contributed by atoms with Gasteiger partial charge in [0.15, 0.2) is 0 Å². The summed E-state index contributed by atoms with van der Waals surface area (Å²) >= 11 is 0. The van der Waals surface area contributed by atoms with Crippen LogP contribution in [-0.4, -0.2) is 36.3 Å². The van der Waals surface area contributed by atoms with Crippen LogP contribution in [0.2, 0.25) is 0 Å². The van der Waals surface area contributed by atoms with Gasteiger partial charge in [-0.1, -0.05) is 18.2 Å². The molecule has 1 fully saturated rings. The first kappa shape index (κ1) is 21.4. The number of benzene rings is 2. The lowest BCUT2D eigenvalue weighted by atomic mass is 10.1. The van der Waals surface area contributed by atoms with Crippen molar-refractivity contribution in [1.29, 1.82) is 0 Å². The van der Waals surface area contributed by atoms with Gasteiger partial charge in [-0.2, -0.15) is 4.98 Å². The van der Waals surface area contributed by atoms with Gasteiger partial charge in [0.2, 0.25) is 5.95 Å². The average Bonchev–Trinajstić information content (AvgIpc) is 2.80. The highest BCUT2D eigenvalue weighted by Crippen LogP contribution is 2.27. The lowest BCUT2D eigenvalue weighted by molar-refractivity contribution is 0.122. The van der Waals surface area contributed by atoms with Gasteiger partial charge in [-0.3, -0.25) is 0 Å². The summed E-state index contributed by atoms with van der Waals surface area (Å²) in [7, 11) is 0. The Hall–Kier alpha value is -3.85. The van der Waals surface area contributed by atoms with Crippen LogP contribution < -0.4 is 27.0 Å². The van der Waals surface area contributed by atoms with Crippen LogP contribution in [0.3, 0.4) is 0 Å². The molecule has 2 aromatic carbocycles. The van der Waals surface area contributed by atoms with Crippen molar-refractivity contribution in [3.8, 4) is 0 Å². The van der Waals surface area contributed by atoms with E-state index in [1.165, 1.54) is 12.3 Å². The molecule has 0 amide bonds. The minimum absolute atomic E-state index is 0.311. The second-order valence-corrected chi connectivity index (χ2v) is 7.40. The number of anilines is 5. The van der Waals surface area contributed by atoms with E-state index in [0.29, 0.717) is 60.8 Å². The second kappa shape index (κ2) is 9.52. The molecular formula is C23H26FN7O. The van der Waals surface area contributed by atoms with Crippen LogP contribution in [0, 0.1) is 12.7 Å². The van der Waals surface area contributed by atoms with E-state index in [0.717, 1.165) is 11.1 Å². The molecule has 0 spiro atoms. The van der Waals surface area contributed by atoms with Crippen LogP contribution in [0.4, 0.5) is 33.2 Å². The molecule has 1 aromatic heterocycles. The first-order valence-electron chi connectivity index (χ1n) is 10.3. The lowest BCUT2D eigenvalue weighted by Crippen LogP contribution is -2.36. The van der Waals surface area contributed by atoms with Crippen LogP contribution >= 0.6 is 0 Å². The molecule has 1 aliphatic rings. The molecule has 9 heteroatoms. The Balaban J connectivity index is 1.49. The number of hydrogen-bond acceptors (Lipinski definition) is 8. The van der Waals surface area contributed by atoms with Gasteiger partial charge >= 0.3 is 0 Å². The maximum absolute atomic E-state index is 14.7. The molecule has 2 heterocycles. The van der Waals surface area contributed by atoms with Crippen molar-refractivity contribution >= 4 is 34.5 Å². The highest BCUT2D eigenvalue weighted by Gasteiger charge is 2.16. The fraction of sp³-hybridized carbons (Fsp3) is 0.217.